The summed E-state index contributed by atoms with van der Waals surface area (Å²) in [5.41, 5.74) is 1.27. The smallest absolute Gasteiger partial charge is 0.193 e. The molecule has 2 aliphatic rings. The van der Waals surface area contributed by atoms with Gasteiger partial charge in [0.15, 0.2) is 5.96 Å². The second-order valence-electron chi connectivity index (χ2n) is 6.26. The molecule has 2 atom stereocenters. The van der Waals surface area contributed by atoms with E-state index in [-0.39, 0.29) is 36.2 Å². The van der Waals surface area contributed by atoms with Crippen LogP contribution in [0.4, 0.5) is 0 Å². The molecule has 0 spiro atoms. The topological polar surface area (TPSA) is 46.1 Å². The van der Waals surface area contributed by atoms with E-state index in [1.54, 1.807) is 0 Å². The van der Waals surface area contributed by atoms with Crippen molar-refractivity contribution in [3.63, 3.8) is 0 Å². The number of halogens is 2. The predicted molar refractivity (Wildman–Crippen MR) is 112 cm³/mol. The van der Waals surface area contributed by atoms with Crippen LogP contribution in [0, 0.1) is 0 Å². The number of benzene rings is 1. The van der Waals surface area contributed by atoms with Gasteiger partial charge in [-0.05, 0) is 37.0 Å². The predicted octanol–water partition coefficient (Wildman–Crippen LogP) is 2.96. The van der Waals surface area contributed by atoms with Gasteiger partial charge in [-0.3, -0.25) is 4.99 Å². The standard InChI is InChI=1S/C18H26ClN3O2.HI/c1-20-18(21-9-8-14-4-6-15(19)7-5-14)22-10-12-24-17(13-22)16-3-2-11-23-16;/h4-7,16-17H,2-3,8-13H2,1H3,(H,20,21);1H. The summed E-state index contributed by atoms with van der Waals surface area (Å²) in [5, 5.41) is 4.23. The monoisotopic (exact) mass is 479 g/mol. The van der Waals surface area contributed by atoms with E-state index in [2.05, 4.69) is 27.3 Å². The molecule has 1 aromatic carbocycles. The molecule has 3 rings (SSSR count). The number of aliphatic imine (C=N–C) groups is 1. The highest BCUT2D eigenvalue weighted by atomic mass is 127. The number of ether oxygens (including phenoxy) is 2. The van der Waals surface area contributed by atoms with E-state index in [1.807, 2.05) is 19.2 Å². The van der Waals surface area contributed by atoms with Gasteiger partial charge < -0.3 is 19.7 Å². The first-order chi connectivity index (χ1) is 11.8. The van der Waals surface area contributed by atoms with Crippen LogP contribution < -0.4 is 5.32 Å². The largest absolute Gasteiger partial charge is 0.375 e. The van der Waals surface area contributed by atoms with Gasteiger partial charge >= 0.3 is 0 Å². The van der Waals surface area contributed by atoms with Gasteiger partial charge in [0, 0.05) is 38.3 Å². The molecule has 25 heavy (non-hydrogen) atoms. The Labute approximate surface area is 172 Å². The van der Waals surface area contributed by atoms with Crippen LogP contribution in [-0.2, 0) is 15.9 Å². The summed E-state index contributed by atoms with van der Waals surface area (Å²) in [6.07, 6.45) is 3.56. The van der Waals surface area contributed by atoms with Crippen LogP contribution in [0.25, 0.3) is 0 Å². The quantitative estimate of drug-likeness (QED) is 0.410. The highest BCUT2D eigenvalue weighted by molar-refractivity contribution is 14.0. The molecule has 2 aliphatic heterocycles. The van der Waals surface area contributed by atoms with E-state index in [0.29, 0.717) is 0 Å². The zero-order chi connectivity index (χ0) is 16.8. The Hall–Kier alpha value is -0.570. The highest BCUT2D eigenvalue weighted by Crippen LogP contribution is 2.21. The Balaban J connectivity index is 0.00000225. The number of hydrogen-bond acceptors (Lipinski definition) is 3. The van der Waals surface area contributed by atoms with Gasteiger partial charge in [-0.2, -0.15) is 0 Å². The summed E-state index contributed by atoms with van der Waals surface area (Å²) in [6.45, 7) is 4.13. The molecule has 140 valence electrons. The van der Waals surface area contributed by atoms with Crippen molar-refractivity contribution >= 4 is 41.5 Å². The summed E-state index contributed by atoms with van der Waals surface area (Å²) in [4.78, 5) is 6.71. The molecule has 0 amide bonds. The summed E-state index contributed by atoms with van der Waals surface area (Å²) in [7, 11) is 1.83. The molecule has 5 nitrogen and oxygen atoms in total. The van der Waals surface area contributed by atoms with Gasteiger partial charge in [-0.15, -0.1) is 24.0 Å². The second-order valence-corrected chi connectivity index (χ2v) is 6.69. The first-order valence-electron chi connectivity index (χ1n) is 8.69. The Bertz CT molecular complexity index is 550. The second kappa shape index (κ2) is 10.5. The number of guanidine groups is 1. The molecule has 2 unspecified atom stereocenters. The van der Waals surface area contributed by atoms with Crippen molar-refractivity contribution in [1.29, 1.82) is 0 Å². The van der Waals surface area contributed by atoms with Crippen molar-refractivity contribution in [2.24, 2.45) is 4.99 Å². The van der Waals surface area contributed by atoms with E-state index >= 15 is 0 Å². The lowest BCUT2D eigenvalue weighted by Gasteiger charge is -2.37. The van der Waals surface area contributed by atoms with Crippen LogP contribution in [0.15, 0.2) is 29.3 Å². The van der Waals surface area contributed by atoms with Gasteiger partial charge in [0.25, 0.3) is 0 Å². The first-order valence-corrected chi connectivity index (χ1v) is 9.07. The Morgan fingerprint density at radius 3 is 2.68 bits per heavy atom. The maximum absolute atomic E-state index is 5.92. The minimum Gasteiger partial charge on any atom is -0.375 e. The Morgan fingerprint density at radius 2 is 2.00 bits per heavy atom. The lowest BCUT2D eigenvalue weighted by Crippen LogP contribution is -2.53. The molecule has 2 heterocycles. The number of morpholine rings is 1. The van der Waals surface area contributed by atoms with E-state index in [9.17, 15) is 0 Å². The minimum atomic E-state index is 0. The molecule has 2 fully saturated rings. The molecule has 1 aromatic rings. The van der Waals surface area contributed by atoms with Crippen molar-refractivity contribution in [2.75, 3.05) is 39.9 Å². The van der Waals surface area contributed by atoms with Crippen LogP contribution in [0.5, 0.6) is 0 Å². The molecule has 1 N–H and O–H groups in total. The van der Waals surface area contributed by atoms with Gasteiger partial charge in [0.05, 0.1) is 12.7 Å². The van der Waals surface area contributed by atoms with Crippen LogP contribution in [0.1, 0.15) is 18.4 Å². The average Bonchev–Trinajstić information content (AvgIpc) is 3.15. The van der Waals surface area contributed by atoms with E-state index in [0.717, 1.165) is 63.1 Å². The van der Waals surface area contributed by atoms with Crippen molar-refractivity contribution in [2.45, 2.75) is 31.5 Å². The molecule has 0 aliphatic carbocycles. The third kappa shape index (κ3) is 5.98. The van der Waals surface area contributed by atoms with E-state index in [4.69, 9.17) is 21.1 Å². The molecular formula is C18H27ClIN3O2. The van der Waals surface area contributed by atoms with Crippen molar-refractivity contribution in [3.8, 4) is 0 Å². The average molecular weight is 480 g/mol. The minimum absolute atomic E-state index is 0. The molecule has 7 heteroatoms. The van der Waals surface area contributed by atoms with Gasteiger partial charge in [-0.25, -0.2) is 0 Å². The fourth-order valence-electron chi connectivity index (χ4n) is 3.29. The molecule has 2 saturated heterocycles. The Kier molecular flexibility index (Phi) is 8.75. The van der Waals surface area contributed by atoms with Crippen LogP contribution in [0.3, 0.4) is 0 Å². The summed E-state index contributed by atoms with van der Waals surface area (Å²) in [6, 6.07) is 7.99. The van der Waals surface area contributed by atoms with Crippen LogP contribution >= 0.6 is 35.6 Å². The number of hydrogen-bond donors (Lipinski definition) is 1. The zero-order valence-electron chi connectivity index (χ0n) is 14.6. The third-order valence-corrected chi connectivity index (χ3v) is 4.85. The zero-order valence-corrected chi connectivity index (χ0v) is 17.7. The fraction of sp³-hybridized carbons (Fsp3) is 0.611. The van der Waals surface area contributed by atoms with Gasteiger partial charge in [0.1, 0.15) is 6.10 Å². The lowest BCUT2D eigenvalue weighted by molar-refractivity contribution is -0.0816. The normalized spacial score (nSPS) is 24.1. The molecule has 0 bridgehead atoms. The van der Waals surface area contributed by atoms with Crippen LogP contribution in [0.2, 0.25) is 5.02 Å². The summed E-state index contributed by atoms with van der Waals surface area (Å²) < 4.78 is 11.7. The lowest BCUT2D eigenvalue weighted by atomic mass is 10.1. The molecule has 0 saturated carbocycles. The first kappa shape index (κ1) is 20.7. The van der Waals surface area contributed by atoms with Crippen molar-refractivity contribution in [1.82, 2.24) is 10.2 Å². The SMILES string of the molecule is CN=C(NCCc1ccc(Cl)cc1)N1CCOC(C2CCCO2)C1.I. The fourth-order valence-corrected chi connectivity index (χ4v) is 3.42. The van der Waals surface area contributed by atoms with Crippen LogP contribution in [-0.4, -0.2) is 63.0 Å². The molecular weight excluding hydrogens is 453 g/mol. The number of nitrogens with zero attached hydrogens (tertiary/aromatic N) is 2. The highest BCUT2D eigenvalue weighted by Gasteiger charge is 2.32. The van der Waals surface area contributed by atoms with Crippen molar-refractivity contribution < 1.29 is 9.47 Å². The number of nitrogens with one attached hydrogen (secondary N) is 1. The molecule has 0 aromatic heterocycles. The maximum atomic E-state index is 5.92. The summed E-state index contributed by atoms with van der Waals surface area (Å²) in [5.74, 6) is 0.940. The Morgan fingerprint density at radius 1 is 1.24 bits per heavy atom. The van der Waals surface area contributed by atoms with Gasteiger partial charge in [0.2, 0.25) is 0 Å². The maximum Gasteiger partial charge on any atom is 0.193 e. The summed E-state index contributed by atoms with van der Waals surface area (Å²) >= 11 is 5.92. The number of rotatable bonds is 4. The molecule has 0 radical (unpaired) electrons. The third-order valence-electron chi connectivity index (χ3n) is 4.59. The van der Waals surface area contributed by atoms with E-state index < -0.39 is 0 Å². The van der Waals surface area contributed by atoms with E-state index in [1.165, 1.54) is 5.56 Å². The van der Waals surface area contributed by atoms with Crippen molar-refractivity contribution in [3.05, 3.63) is 34.9 Å². The van der Waals surface area contributed by atoms with Gasteiger partial charge in [-0.1, -0.05) is 23.7 Å².